The quantitative estimate of drug-likeness (QED) is 0.299. The number of hydrogen-bond donors (Lipinski definition) is 1. The van der Waals surface area contributed by atoms with Crippen molar-refractivity contribution in [3.05, 3.63) is 93.5 Å². The molecule has 0 aliphatic carbocycles. The Balaban J connectivity index is 1.56. The number of nitrogens with one attached hydrogen (secondary N) is 1. The number of anilines is 1. The first-order valence-corrected chi connectivity index (χ1v) is 10.4. The molecule has 2 aromatic carbocycles. The standard InChI is InChI=1S/C22H15ClN8O3/c1-13-10-19(27-22(32)16-4-2-3-5-18(16)31(33)34)30(28-13)21-17-11-26-29(20(17)24-12-25-21)15-8-6-14(23)7-9-15/h2-12H,1H3,(H,27,32). The van der Waals surface area contributed by atoms with Gasteiger partial charge in [0, 0.05) is 17.2 Å². The summed E-state index contributed by atoms with van der Waals surface area (Å²) < 4.78 is 3.08. The lowest BCUT2D eigenvalue weighted by molar-refractivity contribution is -0.385. The minimum absolute atomic E-state index is 0.0682. The number of rotatable bonds is 5. The van der Waals surface area contributed by atoms with E-state index >= 15 is 0 Å². The highest BCUT2D eigenvalue weighted by Gasteiger charge is 2.22. The van der Waals surface area contributed by atoms with Crippen molar-refractivity contribution >= 4 is 40.0 Å². The van der Waals surface area contributed by atoms with Crippen molar-refractivity contribution in [2.75, 3.05) is 5.32 Å². The van der Waals surface area contributed by atoms with E-state index in [1.807, 2.05) is 12.1 Å². The van der Waals surface area contributed by atoms with Crippen molar-refractivity contribution in [3.63, 3.8) is 0 Å². The molecule has 1 N–H and O–H groups in total. The molecule has 0 saturated carbocycles. The maximum atomic E-state index is 12.9. The molecule has 5 aromatic rings. The third-order valence-electron chi connectivity index (χ3n) is 5.04. The summed E-state index contributed by atoms with van der Waals surface area (Å²) >= 11 is 5.99. The Kier molecular flexibility index (Phi) is 5.22. The Hall–Kier alpha value is -4.64. The summed E-state index contributed by atoms with van der Waals surface area (Å²) in [5.41, 5.74) is 1.52. The first-order chi connectivity index (χ1) is 16.4. The van der Waals surface area contributed by atoms with Gasteiger partial charge in [-0.2, -0.15) is 14.9 Å². The highest BCUT2D eigenvalue weighted by Crippen LogP contribution is 2.26. The average molecular weight is 475 g/mol. The molecule has 0 aliphatic rings. The fourth-order valence-corrected chi connectivity index (χ4v) is 3.66. The zero-order chi connectivity index (χ0) is 23.8. The monoisotopic (exact) mass is 474 g/mol. The van der Waals surface area contributed by atoms with E-state index in [4.69, 9.17) is 11.6 Å². The van der Waals surface area contributed by atoms with Crippen LogP contribution in [0.4, 0.5) is 11.5 Å². The SMILES string of the molecule is Cc1cc(NC(=O)c2ccccc2[N+](=O)[O-])n(-c2ncnc3c2cnn3-c2ccc(Cl)cc2)n1. The van der Waals surface area contributed by atoms with Crippen molar-refractivity contribution in [2.45, 2.75) is 6.92 Å². The number of carbonyl (C=O) groups is 1. The molecule has 0 fully saturated rings. The number of nitrogens with zero attached hydrogens (tertiary/aromatic N) is 7. The minimum atomic E-state index is -0.643. The van der Waals surface area contributed by atoms with E-state index in [1.165, 1.54) is 29.2 Å². The van der Waals surface area contributed by atoms with Crippen LogP contribution in [0.15, 0.2) is 67.1 Å². The first-order valence-electron chi connectivity index (χ1n) is 9.99. The lowest BCUT2D eigenvalue weighted by atomic mass is 10.1. The number of nitro benzene ring substituents is 1. The number of para-hydroxylation sites is 1. The van der Waals surface area contributed by atoms with Crippen LogP contribution in [0.1, 0.15) is 16.1 Å². The van der Waals surface area contributed by atoms with Gasteiger partial charge in [0.25, 0.3) is 11.6 Å². The van der Waals surface area contributed by atoms with E-state index in [9.17, 15) is 14.9 Å². The Bertz CT molecular complexity index is 1560. The number of aryl methyl sites for hydroxylation is 1. The average Bonchev–Trinajstić information content (AvgIpc) is 3.42. The fraction of sp³-hybridized carbons (Fsp3) is 0.0455. The van der Waals surface area contributed by atoms with Crippen LogP contribution in [-0.2, 0) is 0 Å². The van der Waals surface area contributed by atoms with E-state index < -0.39 is 10.8 Å². The second-order valence-electron chi connectivity index (χ2n) is 7.28. The molecule has 12 heteroatoms. The van der Waals surface area contributed by atoms with Gasteiger partial charge in [-0.15, -0.1) is 0 Å². The van der Waals surface area contributed by atoms with Crippen LogP contribution in [0, 0.1) is 17.0 Å². The molecular weight excluding hydrogens is 460 g/mol. The molecule has 1 amide bonds. The molecule has 34 heavy (non-hydrogen) atoms. The molecule has 168 valence electrons. The second kappa shape index (κ2) is 8.37. The van der Waals surface area contributed by atoms with Crippen LogP contribution < -0.4 is 5.32 Å². The lowest BCUT2D eigenvalue weighted by Crippen LogP contribution is -2.17. The van der Waals surface area contributed by atoms with Gasteiger partial charge in [-0.05, 0) is 37.3 Å². The number of carbonyl (C=O) groups excluding carboxylic acids is 1. The zero-order valence-electron chi connectivity index (χ0n) is 17.6. The summed E-state index contributed by atoms with van der Waals surface area (Å²) in [6.07, 6.45) is 2.97. The molecule has 0 bridgehead atoms. The van der Waals surface area contributed by atoms with Gasteiger partial charge in [-0.1, -0.05) is 23.7 Å². The smallest absolute Gasteiger partial charge is 0.282 e. The minimum Gasteiger partial charge on any atom is -0.306 e. The third-order valence-corrected chi connectivity index (χ3v) is 5.29. The Morgan fingerprint density at radius 3 is 2.62 bits per heavy atom. The van der Waals surface area contributed by atoms with Gasteiger partial charge in [-0.3, -0.25) is 14.9 Å². The summed E-state index contributed by atoms with van der Waals surface area (Å²) in [7, 11) is 0. The molecule has 3 aromatic heterocycles. The molecule has 0 atom stereocenters. The van der Waals surface area contributed by atoms with Crippen molar-refractivity contribution in [1.29, 1.82) is 0 Å². The van der Waals surface area contributed by atoms with Crippen molar-refractivity contribution in [1.82, 2.24) is 29.5 Å². The summed E-state index contributed by atoms with van der Waals surface area (Å²) in [6, 6.07) is 14.5. The Morgan fingerprint density at radius 1 is 1.09 bits per heavy atom. The number of amides is 1. The van der Waals surface area contributed by atoms with Gasteiger partial charge in [0.2, 0.25) is 0 Å². The molecule has 11 nitrogen and oxygen atoms in total. The molecule has 0 saturated heterocycles. The third kappa shape index (κ3) is 3.73. The van der Waals surface area contributed by atoms with Gasteiger partial charge in [0.15, 0.2) is 11.5 Å². The molecule has 3 heterocycles. The number of nitro groups is 1. The summed E-state index contributed by atoms with van der Waals surface area (Å²) in [5, 5.41) is 24.1. The highest BCUT2D eigenvalue weighted by molar-refractivity contribution is 6.30. The maximum Gasteiger partial charge on any atom is 0.282 e. The number of benzene rings is 2. The van der Waals surface area contributed by atoms with Crippen LogP contribution in [0.3, 0.4) is 0 Å². The summed E-state index contributed by atoms with van der Waals surface area (Å²) in [6.45, 7) is 1.76. The van der Waals surface area contributed by atoms with Crippen LogP contribution >= 0.6 is 11.6 Å². The van der Waals surface area contributed by atoms with Crippen LogP contribution in [-0.4, -0.2) is 40.4 Å². The molecule has 5 rings (SSSR count). The largest absolute Gasteiger partial charge is 0.306 e. The molecule has 0 radical (unpaired) electrons. The van der Waals surface area contributed by atoms with Crippen LogP contribution in [0.2, 0.25) is 5.02 Å². The Labute approximate surface area is 196 Å². The molecule has 0 unspecified atom stereocenters. The summed E-state index contributed by atoms with van der Waals surface area (Å²) in [4.78, 5) is 32.3. The lowest BCUT2D eigenvalue weighted by Gasteiger charge is -2.09. The first kappa shape index (κ1) is 21.2. The maximum absolute atomic E-state index is 12.9. The predicted octanol–water partition coefficient (Wildman–Crippen LogP) is 4.12. The van der Waals surface area contributed by atoms with Gasteiger partial charge in [0.05, 0.1) is 27.9 Å². The van der Waals surface area contributed by atoms with Crippen LogP contribution in [0.25, 0.3) is 22.5 Å². The van der Waals surface area contributed by atoms with Crippen molar-refractivity contribution in [2.24, 2.45) is 0 Å². The van der Waals surface area contributed by atoms with Gasteiger partial charge < -0.3 is 5.32 Å². The normalized spacial score (nSPS) is 11.0. The van der Waals surface area contributed by atoms with E-state index in [-0.39, 0.29) is 11.3 Å². The van der Waals surface area contributed by atoms with Crippen LogP contribution in [0.5, 0.6) is 0 Å². The molecule has 0 aliphatic heterocycles. The number of fused-ring (bicyclic) bond motifs is 1. The molecule has 0 spiro atoms. The van der Waals surface area contributed by atoms with E-state index in [0.29, 0.717) is 33.4 Å². The van der Waals surface area contributed by atoms with E-state index in [2.05, 4.69) is 25.5 Å². The van der Waals surface area contributed by atoms with Crippen molar-refractivity contribution < 1.29 is 9.72 Å². The highest BCUT2D eigenvalue weighted by atomic mass is 35.5. The summed E-state index contributed by atoms with van der Waals surface area (Å²) in [5.74, 6) is 0.0340. The second-order valence-corrected chi connectivity index (χ2v) is 7.71. The van der Waals surface area contributed by atoms with Gasteiger partial charge in [-0.25, -0.2) is 14.6 Å². The molecular formula is C22H15ClN8O3. The Morgan fingerprint density at radius 2 is 1.85 bits per heavy atom. The number of hydrogen-bond acceptors (Lipinski definition) is 7. The van der Waals surface area contributed by atoms with Gasteiger partial charge in [0.1, 0.15) is 17.7 Å². The van der Waals surface area contributed by atoms with E-state index in [0.717, 1.165) is 5.69 Å². The fourth-order valence-electron chi connectivity index (χ4n) is 3.53. The topological polar surface area (TPSA) is 134 Å². The van der Waals surface area contributed by atoms with Crippen molar-refractivity contribution in [3.8, 4) is 11.5 Å². The number of aromatic nitrogens is 6. The predicted molar refractivity (Wildman–Crippen MR) is 125 cm³/mol. The number of halogens is 1. The zero-order valence-corrected chi connectivity index (χ0v) is 18.3. The van der Waals surface area contributed by atoms with Gasteiger partial charge >= 0.3 is 0 Å². The van der Waals surface area contributed by atoms with E-state index in [1.54, 1.807) is 42.1 Å².